The van der Waals surface area contributed by atoms with Crippen molar-refractivity contribution in [2.45, 2.75) is 38.8 Å². The largest absolute Gasteiger partial charge is 0.444 e. The smallest absolute Gasteiger partial charge is 0.410 e. The fourth-order valence-corrected chi connectivity index (χ4v) is 1.38. The third-order valence-corrected chi connectivity index (χ3v) is 2.08. The van der Waals surface area contributed by atoms with Crippen LogP contribution in [-0.4, -0.2) is 48.8 Å². The monoisotopic (exact) mass is 237 g/mol. The normalized spacial score (nSPS) is 22.4. The van der Waals surface area contributed by atoms with Gasteiger partial charge in [0.15, 0.2) is 0 Å². The van der Waals surface area contributed by atoms with E-state index in [1.165, 1.54) is 0 Å². The Bertz CT molecular complexity index is 253. The predicted molar refractivity (Wildman–Crippen MR) is 53.6 cm³/mol. The molecule has 4 nitrogen and oxygen atoms in total. The number of amides is 1. The molecule has 0 N–H and O–H groups in total. The van der Waals surface area contributed by atoms with Crippen molar-refractivity contribution in [1.82, 2.24) is 4.90 Å². The first-order valence-electron chi connectivity index (χ1n) is 5.17. The molecule has 1 saturated heterocycles. The zero-order valence-corrected chi connectivity index (χ0v) is 9.70. The van der Waals surface area contributed by atoms with Gasteiger partial charge in [0.25, 0.3) is 6.43 Å². The van der Waals surface area contributed by atoms with Crippen molar-refractivity contribution < 1.29 is 23.0 Å². The van der Waals surface area contributed by atoms with Gasteiger partial charge in [0.05, 0.1) is 13.2 Å². The molecule has 0 saturated carbocycles. The molecule has 94 valence electrons. The van der Waals surface area contributed by atoms with Crippen LogP contribution in [0.25, 0.3) is 0 Å². The lowest BCUT2D eigenvalue weighted by Gasteiger charge is -2.35. The number of halogens is 2. The van der Waals surface area contributed by atoms with E-state index in [2.05, 4.69) is 0 Å². The Hall–Kier alpha value is -0.910. The number of rotatable bonds is 1. The summed E-state index contributed by atoms with van der Waals surface area (Å²) in [5.41, 5.74) is -0.679. The molecule has 0 aliphatic carbocycles. The molecule has 0 unspecified atom stereocenters. The third kappa shape index (κ3) is 3.59. The zero-order chi connectivity index (χ0) is 12.3. The topological polar surface area (TPSA) is 38.8 Å². The van der Waals surface area contributed by atoms with Crippen LogP contribution >= 0.6 is 0 Å². The summed E-state index contributed by atoms with van der Waals surface area (Å²) in [6.07, 6.45) is -3.33. The van der Waals surface area contributed by atoms with Gasteiger partial charge in [-0.3, -0.25) is 4.90 Å². The quantitative estimate of drug-likeness (QED) is 0.699. The van der Waals surface area contributed by atoms with Crippen LogP contribution in [0.1, 0.15) is 20.8 Å². The van der Waals surface area contributed by atoms with Gasteiger partial charge in [0, 0.05) is 6.54 Å². The molecule has 16 heavy (non-hydrogen) atoms. The molecular formula is C10H17F2NO3. The van der Waals surface area contributed by atoms with Crippen molar-refractivity contribution in [2.24, 2.45) is 0 Å². The number of hydrogen-bond donors (Lipinski definition) is 0. The minimum atomic E-state index is -2.62. The zero-order valence-electron chi connectivity index (χ0n) is 9.70. The number of ether oxygens (including phenoxy) is 2. The molecule has 1 heterocycles. The molecular weight excluding hydrogens is 220 g/mol. The second-order valence-corrected chi connectivity index (χ2v) is 4.65. The maximum Gasteiger partial charge on any atom is 0.410 e. The van der Waals surface area contributed by atoms with Crippen LogP contribution in [0.15, 0.2) is 0 Å². The Morgan fingerprint density at radius 2 is 2.12 bits per heavy atom. The molecule has 0 aromatic heterocycles. The van der Waals surface area contributed by atoms with Gasteiger partial charge in [-0.25, -0.2) is 13.6 Å². The lowest BCUT2D eigenvalue weighted by Crippen LogP contribution is -2.53. The standard InChI is InChI=1S/C10H17F2NO3/c1-10(2,3)16-9(14)13-4-5-15-6-7(13)8(11)12/h7-8H,4-6H2,1-3H3/t7-/m0/s1. The fourth-order valence-electron chi connectivity index (χ4n) is 1.38. The maximum atomic E-state index is 12.6. The summed E-state index contributed by atoms with van der Waals surface area (Å²) in [4.78, 5) is 12.7. The lowest BCUT2D eigenvalue weighted by molar-refractivity contribution is -0.0760. The van der Waals surface area contributed by atoms with Crippen molar-refractivity contribution in [3.05, 3.63) is 0 Å². The first kappa shape index (κ1) is 13.2. The maximum absolute atomic E-state index is 12.6. The van der Waals surface area contributed by atoms with E-state index < -0.39 is 24.2 Å². The molecule has 1 aliphatic heterocycles. The van der Waals surface area contributed by atoms with Gasteiger partial charge < -0.3 is 9.47 Å². The van der Waals surface area contributed by atoms with Crippen LogP contribution in [-0.2, 0) is 9.47 Å². The minimum Gasteiger partial charge on any atom is -0.444 e. The Morgan fingerprint density at radius 1 is 1.50 bits per heavy atom. The van der Waals surface area contributed by atoms with E-state index >= 15 is 0 Å². The summed E-state index contributed by atoms with van der Waals surface area (Å²) in [7, 11) is 0. The summed E-state index contributed by atoms with van der Waals surface area (Å²) >= 11 is 0. The van der Waals surface area contributed by atoms with E-state index in [1.54, 1.807) is 20.8 Å². The molecule has 1 amide bonds. The Labute approximate surface area is 93.5 Å². The molecule has 1 fully saturated rings. The van der Waals surface area contributed by atoms with Gasteiger partial charge in [0.2, 0.25) is 0 Å². The highest BCUT2D eigenvalue weighted by Gasteiger charge is 2.36. The number of carbonyl (C=O) groups is 1. The van der Waals surface area contributed by atoms with E-state index in [9.17, 15) is 13.6 Å². The molecule has 1 rings (SSSR count). The van der Waals surface area contributed by atoms with Crippen LogP contribution in [0.2, 0.25) is 0 Å². The summed E-state index contributed by atoms with van der Waals surface area (Å²) in [5, 5.41) is 0. The Morgan fingerprint density at radius 3 is 2.62 bits per heavy atom. The lowest BCUT2D eigenvalue weighted by atomic mass is 10.2. The number of nitrogens with zero attached hydrogens (tertiary/aromatic N) is 1. The van der Waals surface area contributed by atoms with Crippen LogP contribution < -0.4 is 0 Å². The van der Waals surface area contributed by atoms with Crippen molar-refractivity contribution in [1.29, 1.82) is 0 Å². The van der Waals surface area contributed by atoms with Gasteiger partial charge in [-0.05, 0) is 20.8 Å². The molecule has 0 bridgehead atoms. The number of carbonyl (C=O) groups excluding carboxylic acids is 1. The Balaban J connectivity index is 2.64. The number of morpholine rings is 1. The Kier molecular flexibility index (Phi) is 4.07. The molecule has 1 atom stereocenters. The minimum absolute atomic E-state index is 0.142. The molecule has 0 aromatic carbocycles. The van der Waals surface area contributed by atoms with E-state index in [1.807, 2.05) is 0 Å². The van der Waals surface area contributed by atoms with Crippen LogP contribution in [0.4, 0.5) is 13.6 Å². The number of alkyl halides is 2. The third-order valence-electron chi connectivity index (χ3n) is 2.08. The fraction of sp³-hybridized carbons (Fsp3) is 0.900. The predicted octanol–water partition coefficient (Wildman–Crippen LogP) is 1.89. The molecule has 1 aliphatic rings. The van der Waals surface area contributed by atoms with Gasteiger partial charge in [0.1, 0.15) is 11.6 Å². The van der Waals surface area contributed by atoms with Gasteiger partial charge in [-0.1, -0.05) is 0 Å². The van der Waals surface area contributed by atoms with Crippen molar-refractivity contribution in [3.63, 3.8) is 0 Å². The highest BCUT2D eigenvalue weighted by molar-refractivity contribution is 5.68. The molecule has 6 heteroatoms. The average Bonchev–Trinajstić information content (AvgIpc) is 2.15. The van der Waals surface area contributed by atoms with E-state index in [-0.39, 0.29) is 19.8 Å². The summed E-state index contributed by atoms with van der Waals surface area (Å²) < 4.78 is 35.2. The second kappa shape index (κ2) is 4.95. The molecule has 0 radical (unpaired) electrons. The first-order valence-corrected chi connectivity index (χ1v) is 5.17. The summed E-state index contributed by atoms with van der Waals surface area (Å²) in [5.74, 6) is 0. The summed E-state index contributed by atoms with van der Waals surface area (Å²) in [6.45, 7) is 5.36. The van der Waals surface area contributed by atoms with Gasteiger partial charge >= 0.3 is 6.09 Å². The highest BCUT2D eigenvalue weighted by atomic mass is 19.3. The summed E-state index contributed by atoms with van der Waals surface area (Å²) in [6, 6.07) is -1.21. The van der Waals surface area contributed by atoms with Crippen LogP contribution in [0, 0.1) is 0 Å². The first-order chi connectivity index (χ1) is 7.31. The van der Waals surface area contributed by atoms with Crippen molar-refractivity contribution in [3.8, 4) is 0 Å². The molecule has 0 aromatic rings. The van der Waals surface area contributed by atoms with E-state index in [0.29, 0.717) is 0 Å². The van der Waals surface area contributed by atoms with Crippen LogP contribution in [0.5, 0.6) is 0 Å². The average molecular weight is 237 g/mol. The highest BCUT2D eigenvalue weighted by Crippen LogP contribution is 2.18. The van der Waals surface area contributed by atoms with Crippen molar-refractivity contribution >= 4 is 6.09 Å². The SMILES string of the molecule is CC(C)(C)OC(=O)N1CCOC[C@H]1C(F)F. The van der Waals surface area contributed by atoms with E-state index in [0.717, 1.165) is 4.90 Å². The molecule has 0 spiro atoms. The second-order valence-electron chi connectivity index (χ2n) is 4.65. The van der Waals surface area contributed by atoms with Gasteiger partial charge in [-0.2, -0.15) is 0 Å². The number of hydrogen-bond acceptors (Lipinski definition) is 3. The van der Waals surface area contributed by atoms with Crippen LogP contribution in [0.3, 0.4) is 0 Å². The van der Waals surface area contributed by atoms with E-state index in [4.69, 9.17) is 9.47 Å². The van der Waals surface area contributed by atoms with Gasteiger partial charge in [-0.15, -0.1) is 0 Å². The van der Waals surface area contributed by atoms with Crippen molar-refractivity contribution in [2.75, 3.05) is 19.8 Å².